The molecule has 0 unspecified atom stereocenters. The molecule has 0 aliphatic rings. The van der Waals surface area contributed by atoms with Crippen molar-refractivity contribution < 1.29 is 26.5 Å². The molecule has 3 rings (SSSR count). The number of aryl methyl sites for hydroxylation is 1. The molecule has 3 aromatic carbocycles. The average Bonchev–Trinajstić information content (AvgIpc) is 2.80. The highest BCUT2D eigenvalue weighted by Gasteiger charge is 2.21. The molecule has 0 radical (unpaired) electrons. The van der Waals surface area contributed by atoms with Gasteiger partial charge in [0.25, 0.3) is 26.0 Å². The summed E-state index contributed by atoms with van der Waals surface area (Å²) in [6.45, 7) is 1.87. The number of carbonyl (C=O) groups excluding carboxylic acids is 1. The number of hydrogen-bond donors (Lipinski definition) is 2. The Morgan fingerprint density at radius 2 is 1.30 bits per heavy atom. The molecule has 2 N–H and O–H groups in total. The molecular formula is C22H23N3O6S2. The van der Waals surface area contributed by atoms with E-state index >= 15 is 0 Å². The number of benzene rings is 3. The van der Waals surface area contributed by atoms with Crippen molar-refractivity contribution in [1.29, 1.82) is 0 Å². The van der Waals surface area contributed by atoms with E-state index in [1.165, 1.54) is 62.7 Å². The van der Waals surface area contributed by atoms with Crippen LogP contribution in [0.25, 0.3) is 0 Å². The van der Waals surface area contributed by atoms with Crippen LogP contribution in [-0.4, -0.2) is 41.4 Å². The highest BCUT2D eigenvalue weighted by molar-refractivity contribution is 7.92. The molecule has 0 bridgehead atoms. The summed E-state index contributed by atoms with van der Waals surface area (Å²) in [6, 6.07) is 18.0. The molecule has 0 saturated carbocycles. The molecule has 9 nitrogen and oxygen atoms in total. The fourth-order valence-corrected chi connectivity index (χ4v) is 4.81. The van der Waals surface area contributed by atoms with Crippen LogP contribution >= 0.6 is 0 Å². The number of anilines is 2. The summed E-state index contributed by atoms with van der Waals surface area (Å²) in [7, 11) is -5.04. The number of hydrogen-bond acceptors (Lipinski definition) is 6. The van der Waals surface area contributed by atoms with Gasteiger partial charge in [0.2, 0.25) is 0 Å². The number of nitrogens with zero attached hydrogens (tertiary/aromatic N) is 1. The monoisotopic (exact) mass is 489 g/mol. The van der Waals surface area contributed by atoms with Gasteiger partial charge < -0.3 is 5.32 Å². The maximum atomic E-state index is 12.5. The first-order chi connectivity index (χ1) is 15.5. The molecule has 0 atom stereocenters. The SMILES string of the molecule is CON(C)S(=O)(=O)c1ccc(C(=O)Nc2ccc(NS(=O)(=O)c3ccc(C)cc3)cc2)cc1. The fourth-order valence-electron chi connectivity index (χ4n) is 2.78. The van der Waals surface area contributed by atoms with Crippen LogP contribution < -0.4 is 10.0 Å². The van der Waals surface area contributed by atoms with Crippen LogP contribution in [0.4, 0.5) is 11.4 Å². The lowest BCUT2D eigenvalue weighted by Gasteiger charge is -2.14. The number of nitrogens with one attached hydrogen (secondary N) is 2. The fraction of sp³-hybridized carbons (Fsp3) is 0.136. The normalized spacial score (nSPS) is 11.9. The summed E-state index contributed by atoms with van der Waals surface area (Å²) in [5.41, 5.74) is 1.98. The summed E-state index contributed by atoms with van der Waals surface area (Å²) >= 11 is 0. The molecule has 33 heavy (non-hydrogen) atoms. The Morgan fingerprint density at radius 1 is 0.788 bits per heavy atom. The molecular weight excluding hydrogens is 466 g/mol. The van der Waals surface area contributed by atoms with E-state index < -0.39 is 26.0 Å². The Labute approximate surface area is 193 Å². The molecule has 0 aliphatic heterocycles. The van der Waals surface area contributed by atoms with Crippen molar-refractivity contribution in [1.82, 2.24) is 4.47 Å². The predicted octanol–water partition coefficient (Wildman–Crippen LogP) is 3.23. The summed E-state index contributed by atoms with van der Waals surface area (Å²) in [6.07, 6.45) is 0. The molecule has 0 fully saturated rings. The van der Waals surface area contributed by atoms with Crippen molar-refractivity contribution in [3.63, 3.8) is 0 Å². The molecule has 0 saturated heterocycles. The van der Waals surface area contributed by atoms with Gasteiger partial charge in [-0.2, -0.15) is 0 Å². The van der Waals surface area contributed by atoms with Crippen LogP contribution in [0.5, 0.6) is 0 Å². The average molecular weight is 490 g/mol. The minimum atomic E-state index is -3.81. The first kappa shape index (κ1) is 24.4. The van der Waals surface area contributed by atoms with Crippen LogP contribution in [0.1, 0.15) is 15.9 Å². The van der Waals surface area contributed by atoms with Crippen LogP contribution in [-0.2, 0) is 24.9 Å². The Hall–Kier alpha value is -3.25. The summed E-state index contributed by atoms with van der Waals surface area (Å²) in [5.74, 6) is -0.452. The van der Waals surface area contributed by atoms with E-state index in [-0.39, 0.29) is 15.4 Å². The third-order valence-electron chi connectivity index (χ3n) is 4.74. The van der Waals surface area contributed by atoms with Gasteiger partial charge in [-0.05, 0) is 67.6 Å². The summed E-state index contributed by atoms with van der Waals surface area (Å²) in [4.78, 5) is 17.3. The highest BCUT2D eigenvalue weighted by Crippen LogP contribution is 2.20. The van der Waals surface area contributed by atoms with E-state index in [0.29, 0.717) is 11.4 Å². The number of sulfonamides is 2. The van der Waals surface area contributed by atoms with Gasteiger partial charge in [-0.1, -0.05) is 22.2 Å². The Bertz CT molecular complexity index is 1340. The molecule has 0 heterocycles. The largest absolute Gasteiger partial charge is 0.322 e. The highest BCUT2D eigenvalue weighted by atomic mass is 32.2. The number of rotatable bonds is 8. The van der Waals surface area contributed by atoms with E-state index in [2.05, 4.69) is 10.0 Å². The molecule has 3 aromatic rings. The van der Waals surface area contributed by atoms with E-state index in [0.717, 1.165) is 10.0 Å². The van der Waals surface area contributed by atoms with Gasteiger partial charge >= 0.3 is 0 Å². The van der Waals surface area contributed by atoms with E-state index in [4.69, 9.17) is 4.84 Å². The summed E-state index contributed by atoms with van der Waals surface area (Å²) < 4.78 is 52.6. The summed E-state index contributed by atoms with van der Waals surface area (Å²) in [5, 5.41) is 2.68. The van der Waals surface area contributed by atoms with Gasteiger partial charge in [0.1, 0.15) is 0 Å². The van der Waals surface area contributed by atoms with Gasteiger partial charge in [-0.15, -0.1) is 0 Å². The van der Waals surface area contributed by atoms with E-state index in [1.54, 1.807) is 24.3 Å². The standard InChI is InChI=1S/C22H23N3O6S2/c1-16-4-12-20(13-5-16)32(27,28)24-19-10-8-18(9-11-19)23-22(26)17-6-14-21(15-7-17)33(29,30)25(2)31-3/h4-15,24H,1-3H3,(H,23,26). The Morgan fingerprint density at radius 3 is 1.85 bits per heavy atom. The lowest BCUT2D eigenvalue weighted by molar-refractivity contribution is -0.0258. The zero-order valence-electron chi connectivity index (χ0n) is 18.1. The van der Waals surface area contributed by atoms with E-state index in [9.17, 15) is 21.6 Å². The maximum absolute atomic E-state index is 12.5. The van der Waals surface area contributed by atoms with Gasteiger partial charge in [0.05, 0.1) is 16.9 Å². The van der Waals surface area contributed by atoms with Crippen molar-refractivity contribution in [2.45, 2.75) is 16.7 Å². The van der Waals surface area contributed by atoms with E-state index in [1.807, 2.05) is 6.92 Å². The van der Waals surface area contributed by atoms with Crippen molar-refractivity contribution in [2.24, 2.45) is 0 Å². The lowest BCUT2D eigenvalue weighted by atomic mass is 10.2. The number of carbonyl (C=O) groups is 1. The quantitative estimate of drug-likeness (QED) is 0.469. The third kappa shape index (κ3) is 5.76. The Balaban J connectivity index is 1.67. The molecule has 0 spiro atoms. The molecule has 0 aromatic heterocycles. The third-order valence-corrected chi connectivity index (χ3v) is 7.83. The second-order valence-corrected chi connectivity index (χ2v) is 10.7. The zero-order valence-corrected chi connectivity index (χ0v) is 19.8. The lowest BCUT2D eigenvalue weighted by Crippen LogP contribution is -2.25. The molecule has 11 heteroatoms. The van der Waals surface area contributed by atoms with Gasteiger partial charge in [-0.25, -0.2) is 16.8 Å². The van der Waals surface area contributed by atoms with Crippen molar-refractivity contribution in [2.75, 3.05) is 24.2 Å². The smallest absolute Gasteiger partial charge is 0.264 e. The minimum absolute atomic E-state index is 0.0198. The number of hydroxylamine groups is 1. The topological polar surface area (TPSA) is 122 Å². The zero-order chi connectivity index (χ0) is 24.2. The van der Waals surface area contributed by atoms with Crippen molar-refractivity contribution >= 4 is 37.3 Å². The Kier molecular flexibility index (Phi) is 7.18. The van der Waals surface area contributed by atoms with Gasteiger partial charge in [0.15, 0.2) is 0 Å². The maximum Gasteiger partial charge on any atom is 0.264 e. The van der Waals surface area contributed by atoms with Crippen molar-refractivity contribution in [3.05, 3.63) is 83.9 Å². The van der Waals surface area contributed by atoms with Crippen LogP contribution in [0.15, 0.2) is 82.6 Å². The van der Waals surface area contributed by atoms with Crippen LogP contribution in [0, 0.1) is 6.92 Å². The molecule has 174 valence electrons. The van der Waals surface area contributed by atoms with Crippen LogP contribution in [0.3, 0.4) is 0 Å². The second kappa shape index (κ2) is 9.71. The first-order valence-corrected chi connectivity index (χ1v) is 12.6. The number of amides is 1. The van der Waals surface area contributed by atoms with Gasteiger partial charge in [-0.3, -0.25) is 14.4 Å². The van der Waals surface area contributed by atoms with Gasteiger partial charge in [0, 0.05) is 24.0 Å². The minimum Gasteiger partial charge on any atom is -0.322 e. The molecule has 0 aliphatic carbocycles. The second-order valence-electron chi connectivity index (χ2n) is 7.07. The predicted molar refractivity (Wildman–Crippen MR) is 125 cm³/mol. The van der Waals surface area contributed by atoms with Crippen LogP contribution in [0.2, 0.25) is 0 Å². The molecule has 1 amide bonds. The first-order valence-electron chi connectivity index (χ1n) is 9.67. The van der Waals surface area contributed by atoms with Crippen molar-refractivity contribution in [3.8, 4) is 0 Å².